The van der Waals surface area contributed by atoms with Crippen molar-refractivity contribution in [2.24, 2.45) is 0 Å². The number of rotatable bonds is 7. The lowest BCUT2D eigenvalue weighted by atomic mass is 10.2. The van der Waals surface area contributed by atoms with E-state index < -0.39 is 0 Å². The quantitative estimate of drug-likeness (QED) is 0.617. The molecule has 1 rings (SSSR count). The molecular formula is C12H25FN2O. The molecule has 3 nitrogen and oxygen atoms in total. The lowest BCUT2D eigenvalue weighted by Gasteiger charge is -2.34. The summed E-state index contributed by atoms with van der Waals surface area (Å²) in [5.74, 6) is 0. The van der Waals surface area contributed by atoms with E-state index in [-0.39, 0.29) is 6.67 Å². The fourth-order valence-electron chi connectivity index (χ4n) is 2.11. The maximum absolute atomic E-state index is 11.9. The number of ether oxygens (including phenoxy) is 1. The highest BCUT2D eigenvalue weighted by Crippen LogP contribution is 2.08. The zero-order valence-electron chi connectivity index (χ0n) is 10.6. The van der Waals surface area contributed by atoms with Crippen molar-refractivity contribution in [3.63, 3.8) is 0 Å². The van der Waals surface area contributed by atoms with Crippen molar-refractivity contribution in [2.45, 2.75) is 25.4 Å². The van der Waals surface area contributed by atoms with Gasteiger partial charge in [0.15, 0.2) is 0 Å². The first-order chi connectivity index (χ1) is 7.72. The standard InChI is InChI=1S/C12H25FN2O/c1-14(2)10-12-11-15(8-9-16-12)7-5-3-4-6-13/h12H,3-11H2,1-2H3. The van der Waals surface area contributed by atoms with E-state index in [1.54, 1.807) is 0 Å². The highest BCUT2D eigenvalue weighted by atomic mass is 19.1. The number of hydrogen-bond donors (Lipinski definition) is 0. The molecule has 1 heterocycles. The third-order valence-corrected chi connectivity index (χ3v) is 2.90. The van der Waals surface area contributed by atoms with Crippen LogP contribution in [-0.4, -0.2) is 69.5 Å². The predicted molar refractivity (Wildman–Crippen MR) is 64.6 cm³/mol. The summed E-state index contributed by atoms with van der Waals surface area (Å²) < 4.78 is 17.6. The van der Waals surface area contributed by atoms with Crippen molar-refractivity contribution < 1.29 is 9.13 Å². The Balaban J connectivity index is 2.12. The van der Waals surface area contributed by atoms with Crippen LogP contribution in [0.4, 0.5) is 4.39 Å². The van der Waals surface area contributed by atoms with E-state index in [2.05, 4.69) is 23.9 Å². The van der Waals surface area contributed by atoms with Crippen LogP contribution < -0.4 is 0 Å². The fraction of sp³-hybridized carbons (Fsp3) is 1.00. The highest BCUT2D eigenvalue weighted by Gasteiger charge is 2.20. The third kappa shape index (κ3) is 5.77. The van der Waals surface area contributed by atoms with E-state index in [1.807, 2.05) is 0 Å². The molecule has 0 N–H and O–H groups in total. The monoisotopic (exact) mass is 232 g/mol. The number of unbranched alkanes of at least 4 members (excludes halogenated alkanes) is 2. The topological polar surface area (TPSA) is 15.7 Å². The minimum Gasteiger partial charge on any atom is -0.374 e. The lowest BCUT2D eigenvalue weighted by Crippen LogP contribution is -2.46. The smallest absolute Gasteiger partial charge is 0.0894 e. The van der Waals surface area contributed by atoms with E-state index in [0.29, 0.717) is 12.5 Å². The average Bonchev–Trinajstić information content (AvgIpc) is 2.24. The van der Waals surface area contributed by atoms with Crippen LogP contribution in [0.5, 0.6) is 0 Å². The molecule has 0 aromatic heterocycles. The molecule has 0 amide bonds. The summed E-state index contributed by atoms with van der Waals surface area (Å²) in [7, 11) is 4.15. The van der Waals surface area contributed by atoms with Crippen LogP contribution >= 0.6 is 0 Å². The summed E-state index contributed by atoms with van der Waals surface area (Å²) >= 11 is 0. The zero-order chi connectivity index (χ0) is 11.8. The molecular weight excluding hydrogens is 207 g/mol. The minimum absolute atomic E-state index is 0.174. The second kappa shape index (κ2) is 7.98. The second-order valence-corrected chi connectivity index (χ2v) is 4.81. The number of morpholine rings is 1. The SMILES string of the molecule is CN(C)CC1CN(CCCCCF)CCO1. The number of likely N-dealkylation sites (N-methyl/N-ethyl adjacent to an activating group) is 1. The van der Waals surface area contributed by atoms with Gasteiger partial charge in [0, 0.05) is 19.6 Å². The largest absolute Gasteiger partial charge is 0.374 e. The molecule has 1 atom stereocenters. The Morgan fingerprint density at radius 1 is 1.31 bits per heavy atom. The maximum Gasteiger partial charge on any atom is 0.0894 e. The van der Waals surface area contributed by atoms with Crippen molar-refractivity contribution in [1.82, 2.24) is 9.80 Å². The molecule has 0 aromatic rings. The lowest BCUT2D eigenvalue weighted by molar-refractivity contribution is -0.0383. The first-order valence-electron chi connectivity index (χ1n) is 6.27. The Morgan fingerprint density at radius 2 is 2.12 bits per heavy atom. The number of nitrogens with zero attached hydrogens (tertiary/aromatic N) is 2. The Kier molecular flexibility index (Phi) is 6.92. The summed E-state index contributed by atoms with van der Waals surface area (Å²) in [5, 5.41) is 0. The van der Waals surface area contributed by atoms with Gasteiger partial charge in [-0.25, -0.2) is 0 Å². The van der Waals surface area contributed by atoms with Crippen LogP contribution in [0.2, 0.25) is 0 Å². The first-order valence-corrected chi connectivity index (χ1v) is 6.27. The number of hydrogen-bond acceptors (Lipinski definition) is 3. The van der Waals surface area contributed by atoms with E-state index in [0.717, 1.165) is 45.6 Å². The molecule has 1 aliphatic heterocycles. The van der Waals surface area contributed by atoms with Crippen molar-refractivity contribution in [2.75, 3.05) is 53.6 Å². The molecule has 1 unspecified atom stereocenters. The average molecular weight is 232 g/mol. The van der Waals surface area contributed by atoms with Crippen LogP contribution in [0.25, 0.3) is 0 Å². The summed E-state index contributed by atoms with van der Waals surface area (Å²) in [5.41, 5.74) is 0. The third-order valence-electron chi connectivity index (χ3n) is 2.90. The molecule has 0 bridgehead atoms. The van der Waals surface area contributed by atoms with Gasteiger partial charge in [0.1, 0.15) is 0 Å². The number of halogens is 1. The van der Waals surface area contributed by atoms with E-state index in [1.165, 1.54) is 0 Å². The molecule has 1 aliphatic rings. The Hall–Kier alpha value is -0.190. The summed E-state index contributed by atoms with van der Waals surface area (Å²) in [4.78, 5) is 4.60. The molecule has 1 fully saturated rings. The molecule has 0 aliphatic carbocycles. The molecule has 0 radical (unpaired) electrons. The van der Waals surface area contributed by atoms with Gasteiger partial charge in [-0.1, -0.05) is 0 Å². The molecule has 16 heavy (non-hydrogen) atoms. The maximum atomic E-state index is 11.9. The van der Waals surface area contributed by atoms with E-state index in [4.69, 9.17) is 4.74 Å². The van der Waals surface area contributed by atoms with Gasteiger partial charge in [0.25, 0.3) is 0 Å². The van der Waals surface area contributed by atoms with Gasteiger partial charge in [-0.05, 0) is 39.9 Å². The number of alkyl halides is 1. The van der Waals surface area contributed by atoms with Crippen LogP contribution in [0.3, 0.4) is 0 Å². The minimum atomic E-state index is -0.174. The van der Waals surface area contributed by atoms with Crippen molar-refractivity contribution in [1.29, 1.82) is 0 Å². The zero-order valence-corrected chi connectivity index (χ0v) is 10.6. The highest BCUT2D eigenvalue weighted by molar-refractivity contribution is 4.73. The predicted octanol–water partition coefficient (Wildman–Crippen LogP) is 1.39. The van der Waals surface area contributed by atoms with Crippen molar-refractivity contribution in [3.05, 3.63) is 0 Å². The van der Waals surface area contributed by atoms with Gasteiger partial charge < -0.3 is 9.64 Å². The van der Waals surface area contributed by atoms with Crippen LogP contribution in [0.1, 0.15) is 19.3 Å². The summed E-state index contributed by atoms with van der Waals surface area (Å²) in [6.45, 7) is 4.79. The molecule has 1 saturated heterocycles. The Morgan fingerprint density at radius 3 is 2.81 bits per heavy atom. The first kappa shape index (κ1) is 13.9. The fourth-order valence-corrected chi connectivity index (χ4v) is 2.11. The molecule has 96 valence electrons. The van der Waals surface area contributed by atoms with E-state index in [9.17, 15) is 4.39 Å². The van der Waals surface area contributed by atoms with Crippen LogP contribution in [0.15, 0.2) is 0 Å². The van der Waals surface area contributed by atoms with Crippen LogP contribution in [0, 0.1) is 0 Å². The molecule has 0 spiro atoms. The van der Waals surface area contributed by atoms with Crippen molar-refractivity contribution >= 4 is 0 Å². The molecule has 0 aromatic carbocycles. The van der Waals surface area contributed by atoms with Gasteiger partial charge in [-0.2, -0.15) is 0 Å². The second-order valence-electron chi connectivity index (χ2n) is 4.81. The van der Waals surface area contributed by atoms with Gasteiger partial charge in [-0.15, -0.1) is 0 Å². The van der Waals surface area contributed by atoms with Gasteiger partial charge in [-0.3, -0.25) is 9.29 Å². The van der Waals surface area contributed by atoms with Gasteiger partial charge in [0.2, 0.25) is 0 Å². The Bertz CT molecular complexity index is 178. The van der Waals surface area contributed by atoms with E-state index >= 15 is 0 Å². The van der Waals surface area contributed by atoms with Gasteiger partial charge in [0.05, 0.1) is 19.4 Å². The molecule has 0 saturated carbocycles. The van der Waals surface area contributed by atoms with Crippen molar-refractivity contribution in [3.8, 4) is 0 Å². The molecule has 4 heteroatoms. The van der Waals surface area contributed by atoms with Crippen LogP contribution in [-0.2, 0) is 4.74 Å². The summed E-state index contributed by atoms with van der Waals surface area (Å²) in [6.07, 6.45) is 3.17. The van der Waals surface area contributed by atoms with Gasteiger partial charge >= 0.3 is 0 Å². The normalized spacial score (nSPS) is 22.9. The Labute approximate surface area is 98.5 Å². The summed E-state index contributed by atoms with van der Waals surface area (Å²) in [6, 6.07) is 0.